The molecule has 80 valence electrons. The summed E-state index contributed by atoms with van der Waals surface area (Å²) in [6.45, 7) is 6.59. The van der Waals surface area contributed by atoms with Crippen molar-refractivity contribution in [1.82, 2.24) is 0 Å². The molecule has 0 amide bonds. The molecule has 0 saturated heterocycles. The minimum Gasteiger partial charge on any atom is -0.289 e. The average molecular weight is 236 g/mol. The largest absolute Gasteiger partial charge is 0.289 e. The second-order valence-electron chi connectivity index (χ2n) is 4.58. The van der Waals surface area contributed by atoms with Crippen molar-refractivity contribution in [2.24, 2.45) is 0 Å². The van der Waals surface area contributed by atoms with Crippen LogP contribution in [0.25, 0.3) is 0 Å². The predicted molar refractivity (Wildman–Crippen MR) is 70.5 cm³/mol. The van der Waals surface area contributed by atoms with E-state index in [4.69, 9.17) is 0 Å². The number of carbonyl (C=O) groups excluding carboxylic acids is 1. The highest BCUT2D eigenvalue weighted by Crippen LogP contribution is 2.14. The third-order valence-corrected chi connectivity index (χ3v) is 3.46. The molecule has 0 bridgehead atoms. The van der Waals surface area contributed by atoms with E-state index in [0.717, 1.165) is 4.90 Å². The summed E-state index contributed by atoms with van der Waals surface area (Å²) < 4.78 is 0. The highest BCUT2D eigenvalue weighted by Gasteiger charge is 2.10. The van der Waals surface area contributed by atoms with Crippen molar-refractivity contribution in [3.8, 4) is 0 Å². The molecule has 0 unspecified atom stereocenters. The predicted octanol–water partition coefficient (Wildman–Crippen LogP) is 3.59. The molecule has 0 atom stereocenters. The Morgan fingerprint density at radius 3 is 2.40 bits per heavy atom. The van der Waals surface area contributed by atoms with Gasteiger partial charge in [-0.25, -0.2) is 0 Å². The second-order valence-corrected chi connectivity index (χ2v) is 10.1. The van der Waals surface area contributed by atoms with E-state index in [1.807, 2.05) is 18.2 Å². The van der Waals surface area contributed by atoms with Gasteiger partial charge in [-0.1, -0.05) is 37.5 Å². The van der Waals surface area contributed by atoms with Crippen molar-refractivity contribution in [3.63, 3.8) is 0 Å². The van der Waals surface area contributed by atoms with Gasteiger partial charge in [-0.2, -0.15) is 0 Å². The van der Waals surface area contributed by atoms with E-state index < -0.39 is 8.07 Å². The van der Waals surface area contributed by atoms with Crippen LogP contribution in [-0.2, 0) is 0 Å². The lowest BCUT2D eigenvalue weighted by Crippen LogP contribution is -2.16. The highest BCUT2D eigenvalue weighted by atomic mass is 32.1. The maximum Gasteiger partial charge on any atom is 0.186 e. The summed E-state index contributed by atoms with van der Waals surface area (Å²) >= 11 is 4.26. The fourth-order valence-corrected chi connectivity index (χ4v) is 2.02. The molecule has 0 N–H and O–H groups in total. The van der Waals surface area contributed by atoms with Crippen molar-refractivity contribution in [1.29, 1.82) is 0 Å². The lowest BCUT2D eigenvalue weighted by atomic mass is 10.1. The Bertz CT molecular complexity index is 391. The highest BCUT2D eigenvalue weighted by molar-refractivity contribution is 7.80. The number of ketones is 1. The van der Waals surface area contributed by atoms with Gasteiger partial charge < -0.3 is 0 Å². The fourth-order valence-electron chi connectivity index (χ4n) is 1.10. The van der Waals surface area contributed by atoms with Crippen LogP contribution < -0.4 is 0 Å². The number of thiol groups is 1. The summed E-state index contributed by atoms with van der Waals surface area (Å²) in [6.07, 6.45) is 1.68. The Hall–Kier alpha value is -0.803. The van der Waals surface area contributed by atoms with Gasteiger partial charge in [0.15, 0.2) is 5.78 Å². The van der Waals surface area contributed by atoms with Gasteiger partial charge >= 0.3 is 0 Å². The molecule has 0 radical (unpaired) electrons. The Kier molecular flexibility index (Phi) is 3.94. The SMILES string of the molecule is C[Si](C)(C)/C=C/C(=O)c1ccccc1S. The molecule has 0 aliphatic heterocycles. The topological polar surface area (TPSA) is 17.1 Å². The first-order valence-corrected chi connectivity index (χ1v) is 8.94. The molecule has 0 aliphatic rings. The molecule has 1 rings (SSSR count). The van der Waals surface area contributed by atoms with Gasteiger partial charge in [-0.05, 0) is 18.2 Å². The molecule has 1 aromatic carbocycles. The maximum atomic E-state index is 11.8. The van der Waals surface area contributed by atoms with E-state index >= 15 is 0 Å². The Morgan fingerprint density at radius 1 is 1.27 bits per heavy atom. The van der Waals surface area contributed by atoms with Crippen molar-refractivity contribution in [3.05, 3.63) is 41.6 Å². The lowest BCUT2D eigenvalue weighted by molar-refractivity contribution is 0.104. The van der Waals surface area contributed by atoms with Gasteiger partial charge in [0.25, 0.3) is 0 Å². The quantitative estimate of drug-likeness (QED) is 0.367. The molecule has 0 spiro atoms. The van der Waals surface area contributed by atoms with E-state index in [1.165, 1.54) is 0 Å². The van der Waals surface area contributed by atoms with Crippen molar-refractivity contribution < 1.29 is 4.79 Å². The molecule has 1 nitrogen and oxygen atoms in total. The number of rotatable bonds is 3. The first-order chi connectivity index (χ1) is 6.90. The molecule has 0 fully saturated rings. The Balaban J connectivity index is 2.88. The third-order valence-electron chi connectivity index (χ3n) is 1.90. The third kappa shape index (κ3) is 4.06. The van der Waals surface area contributed by atoms with Crippen LogP contribution in [0.3, 0.4) is 0 Å². The summed E-state index contributed by atoms with van der Waals surface area (Å²) in [6, 6.07) is 7.37. The minimum atomic E-state index is -1.30. The molecule has 15 heavy (non-hydrogen) atoms. The van der Waals surface area contributed by atoms with Crippen LogP contribution in [0.1, 0.15) is 10.4 Å². The molecule has 0 aliphatic carbocycles. The molecule has 0 aromatic heterocycles. The van der Waals surface area contributed by atoms with Gasteiger partial charge in [0.2, 0.25) is 0 Å². The summed E-state index contributed by atoms with van der Waals surface area (Å²) in [5.41, 5.74) is 2.73. The van der Waals surface area contributed by atoms with Crippen LogP contribution in [0.2, 0.25) is 19.6 Å². The van der Waals surface area contributed by atoms with Crippen molar-refractivity contribution in [2.75, 3.05) is 0 Å². The van der Waals surface area contributed by atoms with Crippen molar-refractivity contribution >= 4 is 26.5 Å². The molecule has 3 heteroatoms. The zero-order valence-electron chi connectivity index (χ0n) is 9.32. The van der Waals surface area contributed by atoms with Crippen LogP contribution in [0, 0.1) is 0 Å². The Morgan fingerprint density at radius 2 is 1.87 bits per heavy atom. The normalized spacial score (nSPS) is 12.0. The number of carbonyl (C=O) groups is 1. The summed E-state index contributed by atoms with van der Waals surface area (Å²) in [4.78, 5) is 12.5. The van der Waals surface area contributed by atoms with Gasteiger partial charge in [0.1, 0.15) is 0 Å². The van der Waals surface area contributed by atoms with Crippen LogP contribution in [0.5, 0.6) is 0 Å². The fraction of sp³-hybridized carbons (Fsp3) is 0.250. The van der Waals surface area contributed by atoms with E-state index in [2.05, 4.69) is 38.0 Å². The first-order valence-electron chi connectivity index (χ1n) is 4.92. The first kappa shape index (κ1) is 12.3. The number of allylic oxidation sites excluding steroid dienone is 1. The van der Waals surface area contributed by atoms with Crippen LogP contribution in [0.4, 0.5) is 0 Å². The van der Waals surface area contributed by atoms with E-state index in [1.54, 1.807) is 12.1 Å². The zero-order valence-corrected chi connectivity index (χ0v) is 11.2. The van der Waals surface area contributed by atoms with E-state index in [-0.39, 0.29) is 5.78 Å². The summed E-state index contributed by atoms with van der Waals surface area (Å²) in [7, 11) is -1.30. The maximum absolute atomic E-state index is 11.8. The van der Waals surface area contributed by atoms with E-state index in [0.29, 0.717) is 5.56 Å². The Labute approximate surface area is 97.6 Å². The van der Waals surface area contributed by atoms with Crippen molar-refractivity contribution in [2.45, 2.75) is 24.5 Å². The number of hydrogen-bond donors (Lipinski definition) is 1. The molecular formula is C12H16OSSi. The zero-order chi connectivity index (χ0) is 11.5. The molecule has 0 saturated carbocycles. The van der Waals surface area contributed by atoms with E-state index in [9.17, 15) is 4.79 Å². The molecule has 0 heterocycles. The monoisotopic (exact) mass is 236 g/mol. The number of benzene rings is 1. The molecule has 1 aromatic rings. The summed E-state index contributed by atoms with van der Waals surface area (Å²) in [5, 5.41) is 0. The summed E-state index contributed by atoms with van der Waals surface area (Å²) in [5.74, 6) is 0.0445. The van der Waals surface area contributed by atoms with Crippen LogP contribution in [0.15, 0.2) is 40.9 Å². The van der Waals surface area contributed by atoms with Crippen LogP contribution >= 0.6 is 12.6 Å². The molecular weight excluding hydrogens is 220 g/mol. The van der Waals surface area contributed by atoms with Crippen LogP contribution in [-0.4, -0.2) is 13.9 Å². The smallest absolute Gasteiger partial charge is 0.186 e. The van der Waals surface area contributed by atoms with Gasteiger partial charge in [-0.15, -0.1) is 12.6 Å². The minimum absolute atomic E-state index is 0.0445. The van der Waals surface area contributed by atoms with Gasteiger partial charge in [0, 0.05) is 10.5 Å². The standard InChI is InChI=1S/C12H16OSSi/c1-15(2,3)9-8-11(13)10-6-4-5-7-12(10)14/h4-9,14H,1-3H3/b9-8+. The van der Waals surface area contributed by atoms with Gasteiger partial charge in [0.05, 0.1) is 8.07 Å². The number of hydrogen-bond acceptors (Lipinski definition) is 2. The lowest BCUT2D eigenvalue weighted by Gasteiger charge is -2.08. The second kappa shape index (κ2) is 4.81. The average Bonchev–Trinajstić information content (AvgIpc) is 2.14. The van der Waals surface area contributed by atoms with Gasteiger partial charge in [-0.3, -0.25) is 4.79 Å².